The topological polar surface area (TPSA) is 52.1 Å². The van der Waals surface area contributed by atoms with E-state index in [9.17, 15) is 0 Å². The molecule has 0 bridgehead atoms. The van der Waals surface area contributed by atoms with Crippen molar-refractivity contribution < 1.29 is 9.47 Å². The van der Waals surface area contributed by atoms with Crippen LogP contribution in [0, 0.1) is 4.77 Å². The van der Waals surface area contributed by atoms with Crippen LogP contribution in [0.3, 0.4) is 0 Å². The summed E-state index contributed by atoms with van der Waals surface area (Å²) < 4.78 is 14.8. The Morgan fingerprint density at radius 1 is 1.55 bits per heavy atom. The molecule has 22 heavy (non-hydrogen) atoms. The maximum atomic E-state index is 6.15. The van der Waals surface area contributed by atoms with E-state index in [1.807, 2.05) is 16.7 Å². The number of nitrogens with one attached hydrogen (secondary N) is 1. The Balaban J connectivity index is 1.71. The first-order chi connectivity index (χ1) is 10.6. The number of aromatic amines is 1. The molecular weight excluding hydrogens is 390 g/mol. The van der Waals surface area contributed by atoms with Crippen molar-refractivity contribution >= 4 is 39.7 Å². The van der Waals surface area contributed by atoms with Crippen LogP contribution in [-0.2, 0) is 17.9 Å². The number of ether oxygens (including phenoxy) is 2. The second-order valence-corrected chi connectivity index (χ2v) is 6.76. The molecule has 3 rings (SSSR count). The molecule has 1 aliphatic heterocycles. The third-order valence-corrected chi connectivity index (χ3v) is 4.60. The molecule has 2 aromatic rings. The summed E-state index contributed by atoms with van der Waals surface area (Å²) in [4.78, 5) is 0. The number of aromatic nitrogens is 3. The summed E-state index contributed by atoms with van der Waals surface area (Å²) in [6.07, 6.45) is 2.33. The zero-order chi connectivity index (χ0) is 15.5. The van der Waals surface area contributed by atoms with Crippen molar-refractivity contribution in [1.29, 1.82) is 0 Å². The Labute approximate surface area is 146 Å². The van der Waals surface area contributed by atoms with Crippen molar-refractivity contribution in [1.82, 2.24) is 14.8 Å². The number of H-pyrrole nitrogens is 1. The van der Waals surface area contributed by atoms with Gasteiger partial charge in [0.1, 0.15) is 12.4 Å². The molecule has 118 valence electrons. The van der Waals surface area contributed by atoms with Gasteiger partial charge in [-0.2, -0.15) is 5.10 Å². The average Bonchev–Trinajstić information content (AvgIpc) is 3.11. The number of hydrogen-bond donors (Lipinski definition) is 1. The predicted molar refractivity (Wildman–Crippen MR) is 89.9 cm³/mol. The molecule has 5 nitrogen and oxygen atoms in total. The van der Waals surface area contributed by atoms with Crippen LogP contribution in [0.2, 0.25) is 5.02 Å². The first kappa shape index (κ1) is 16.0. The molecule has 1 aromatic heterocycles. The molecule has 0 radical (unpaired) electrons. The molecule has 0 amide bonds. The molecule has 8 heteroatoms. The van der Waals surface area contributed by atoms with E-state index in [4.69, 9.17) is 33.3 Å². The van der Waals surface area contributed by atoms with Crippen LogP contribution >= 0.6 is 39.7 Å². The Bertz CT molecular complexity index is 712. The number of halogens is 2. The summed E-state index contributed by atoms with van der Waals surface area (Å²) in [5.41, 5.74) is 0. The number of benzene rings is 1. The lowest BCUT2D eigenvalue weighted by Gasteiger charge is -2.13. The van der Waals surface area contributed by atoms with Crippen LogP contribution in [0.5, 0.6) is 5.75 Å². The van der Waals surface area contributed by atoms with Gasteiger partial charge in [0.05, 0.1) is 17.7 Å². The van der Waals surface area contributed by atoms with E-state index in [-0.39, 0.29) is 6.10 Å². The van der Waals surface area contributed by atoms with Crippen LogP contribution in [0.1, 0.15) is 18.7 Å². The molecule has 1 saturated heterocycles. The number of hydrogen-bond acceptors (Lipinski definition) is 4. The number of rotatable bonds is 5. The summed E-state index contributed by atoms with van der Waals surface area (Å²) in [6, 6.07) is 5.49. The second kappa shape index (κ2) is 7.12. The number of nitrogens with zero attached hydrogens (tertiary/aromatic N) is 2. The summed E-state index contributed by atoms with van der Waals surface area (Å²) in [5.74, 6) is 1.35. The smallest absolute Gasteiger partial charge is 0.195 e. The Kier molecular flexibility index (Phi) is 5.18. The zero-order valence-corrected chi connectivity index (χ0v) is 14.9. The maximum Gasteiger partial charge on any atom is 0.195 e. The lowest BCUT2D eigenvalue weighted by atomic mass is 10.2. The normalized spacial score (nSPS) is 17.8. The van der Waals surface area contributed by atoms with Gasteiger partial charge in [-0.15, -0.1) is 0 Å². The van der Waals surface area contributed by atoms with E-state index < -0.39 is 0 Å². The van der Waals surface area contributed by atoms with E-state index in [0.29, 0.717) is 28.7 Å². The lowest BCUT2D eigenvalue weighted by Crippen LogP contribution is -2.18. The largest absolute Gasteiger partial charge is 0.484 e. The van der Waals surface area contributed by atoms with E-state index in [1.54, 1.807) is 6.07 Å². The minimum Gasteiger partial charge on any atom is -0.484 e. The highest BCUT2D eigenvalue weighted by atomic mass is 79.9. The molecule has 1 aliphatic rings. The third-order valence-electron chi connectivity index (χ3n) is 3.50. The first-order valence-corrected chi connectivity index (χ1v) is 8.55. The summed E-state index contributed by atoms with van der Waals surface area (Å²) in [6.45, 7) is 1.81. The molecule has 0 saturated carbocycles. The zero-order valence-electron chi connectivity index (χ0n) is 11.7. The highest BCUT2D eigenvalue weighted by molar-refractivity contribution is 9.10. The van der Waals surface area contributed by atoms with Crippen molar-refractivity contribution in [3.8, 4) is 5.75 Å². The molecule has 1 aromatic carbocycles. The molecule has 2 heterocycles. The molecule has 0 spiro atoms. The van der Waals surface area contributed by atoms with E-state index in [0.717, 1.165) is 29.7 Å². The highest BCUT2D eigenvalue weighted by Gasteiger charge is 2.19. The van der Waals surface area contributed by atoms with Gasteiger partial charge in [-0.05, 0) is 43.3 Å². The van der Waals surface area contributed by atoms with Gasteiger partial charge >= 0.3 is 0 Å². The standard InChI is InChI=1S/C14H15BrClN3O2S/c15-9-3-4-12(11(16)6-9)21-8-13-17-18-14(22)19(13)7-10-2-1-5-20-10/h3-4,6,10H,1-2,5,7-8H2,(H,18,22)/t10-/m0/s1. The molecule has 1 atom stereocenters. The van der Waals surface area contributed by atoms with Crippen molar-refractivity contribution in [2.45, 2.75) is 32.1 Å². The Hall–Kier alpha value is -0.890. The first-order valence-electron chi connectivity index (χ1n) is 6.97. The lowest BCUT2D eigenvalue weighted by molar-refractivity contribution is 0.0949. The van der Waals surface area contributed by atoms with Gasteiger partial charge in [-0.3, -0.25) is 9.67 Å². The van der Waals surface area contributed by atoms with E-state index >= 15 is 0 Å². The maximum absolute atomic E-state index is 6.15. The minimum atomic E-state index is 0.194. The Morgan fingerprint density at radius 3 is 3.14 bits per heavy atom. The SMILES string of the molecule is S=c1[nH]nc(COc2ccc(Br)cc2Cl)n1C[C@@H]1CCCO1. The second-order valence-electron chi connectivity index (χ2n) is 5.05. The van der Waals surface area contributed by atoms with E-state index in [1.165, 1.54) is 0 Å². The quantitative estimate of drug-likeness (QED) is 0.762. The van der Waals surface area contributed by atoms with Gasteiger partial charge in [-0.1, -0.05) is 27.5 Å². The van der Waals surface area contributed by atoms with Gasteiger partial charge in [0, 0.05) is 11.1 Å². The highest BCUT2D eigenvalue weighted by Crippen LogP contribution is 2.28. The molecule has 0 unspecified atom stereocenters. The van der Waals surface area contributed by atoms with Crippen molar-refractivity contribution in [2.24, 2.45) is 0 Å². The fourth-order valence-electron chi connectivity index (χ4n) is 2.38. The molecular formula is C14H15BrClN3O2S. The molecule has 0 aliphatic carbocycles. The predicted octanol–water partition coefficient (Wildman–Crippen LogP) is 4.11. The van der Waals surface area contributed by atoms with E-state index in [2.05, 4.69) is 26.1 Å². The van der Waals surface area contributed by atoms with Gasteiger partial charge in [0.2, 0.25) is 0 Å². The van der Waals surface area contributed by atoms with Gasteiger partial charge in [0.15, 0.2) is 10.6 Å². The van der Waals surface area contributed by atoms with Crippen molar-refractivity contribution in [3.63, 3.8) is 0 Å². The average molecular weight is 405 g/mol. The van der Waals surface area contributed by atoms with Crippen molar-refractivity contribution in [2.75, 3.05) is 6.61 Å². The van der Waals surface area contributed by atoms with Crippen LogP contribution in [0.25, 0.3) is 0 Å². The van der Waals surface area contributed by atoms with Gasteiger partial charge < -0.3 is 9.47 Å². The fraction of sp³-hybridized carbons (Fsp3) is 0.429. The third kappa shape index (κ3) is 3.71. The molecule has 1 fully saturated rings. The van der Waals surface area contributed by atoms with Crippen molar-refractivity contribution in [3.05, 3.63) is 38.3 Å². The van der Waals surface area contributed by atoms with Gasteiger partial charge in [0.25, 0.3) is 0 Å². The fourth-order valence-corrected chi connectivity index (χ4v) is 3.33. The summed E-state index contributed by atoms with van der Waals surface area (Å²) in [5, 5.41) is 7.59. The minimum absolute atomic E-state index is 0.194. The monoisotopic (exact) mass is 403 g/mol. The van der Waals surface area contributed by atoms with Crippen LogP contribution in [0.4, 0.5) is 0 Å². The van der Waals surface area contributed by atoms with Crippen LogP contribution in [-0.4, -0.2) is 27.5 Å². The summed E-state index contributed by atoms with van der Waals surface area (Å²) in [7, 11) is 0. The summed E-state index contributed by atoms with van der Waals surface area (Å²) >= 11 is 14.8. The Morgan fingerprint density at radius 2 is 2.41 bits per heavy atom. The van der Waals surface area contributed by atoms with Gasteiger partial charge in [-0.25, -0.2) is 0 Å². The van der Waals surface area contributed by atoms with Crippen LogP contribution in [0.15, 0.2) is 22.7 Å². The molecule has 1 N–H and O–H groups in total. The van der Waals surface area contributed by atoms with Crippen LogP contribution < -0.4 is 4.74 Å².